The Balaban J connectivity index is 1.84. The first-order valence-electron chi connectivity index (χ1n) is 6.36. The molecule has 0 radical (unpaired) electrons. The molecule has 0 aliphatic heterocycles. The van der Waals surface area contributed by atoms with Crippen molar-refractivity contribution in [1.29, 1.82) is 0 Å². The molecule has 0 saturated carbocycles. The summed E-state index contributed by atoms with van der Waals surface area (Å²) in [5.74, 6) is -0.287. The molecule has 0 amide bonds. The molecule has 21 heavy (non-hydrogen) atoms. The molecule has 4 nitrogen and oxygen atoms in total. The van der Waals surface area contributed by atoms with E-state index in [0.717, 1.165) is 11.4 Å². The number of hydrogen-bond acceptors (Lipinski definition) is 3. The van der Waals surface area contributed by atoms with Gasteiger partial charge < -0.3 is 5.32 Å². The second-order valence-electron chi connectivity index (χ2n) is 4.45. The Labute approximate surface area is 126 Å². The Hall–Kier alpha value is -2.40. The topological polar surface area (TPSA) is 42.7 Å². The molecule has 0 bridgehead atoms. The highest BCUT2D eigenvalue weighted by molar-refractivity contribution is 6.30. The summed E-state index contributed by atoms with van der Waals surface area (Å²) < 4.78 is 15.4. The van der Waals surface area contributed by atoms with Crippen LogP contribution in [0, 0.1) is 5.82 Å². The fourth-order valence-corrected chi connectivity index (χ4v) is 2.22. The number of anilines is 1. The van der Waals surface area contributed by atoms with Crippen molar-refractivity contribution in [2.75, 3.05) is 5.32 Å². The molecule has 0 unspecified atom stereocenters. The number of nitrogens with one attached hydrogen (secondary N) is 1. The molecule has 0 aliphatic carbocycles. The summed E-state index contributed by atoms with van der Waals surface area (Å²) in [6.45, 7) is 0.331. The zero-order valence-electron chi connectivity index (χ0n) is 11.0. The van der Waals surface area contributed by atoms with Crippen LogP contribution >= 0.6 is 11.6 Å². The third kappa shape index (κ3) is 3.03. The molecule has 2 aromatic carbocycles. The summed E-state index contributed by atoms with van der Waals surface area (Å²) in [7, 11) is 0. The molecule has 6 heteroatoms. The molecular weight excluding hydrogens is 291 g/mol. The molecule has 0 atom stereocenters. The fourth-order valence-electron chi connectivity index (χ4n) is 2.02. The van der Waals surface area contributed by atoms with Gasteiger partial charge in [-0.15, -0.1) is 0 Å². The molecule has 1 N–H and O–H groups in total. The Bertz CT molecular complexity index is 743. The van der Waals surface area contributed by atoms with Crippen LogP contribution in [0.15, 0.2) is 55.1 Å². The van der Waals surface area contributed by atoms with Gasteiger partial charge >= 0.3 is 0 Å². The zero-order chi connectivity index (χ0) is 14.7. The van der Waals surface area contributed by atoms with Gasteiger partial charge in [-0.3, -0.25) is 0 Å². The number of benzene rings is 2. The summed E-state index contributed by atoms with van der Waals surface area (Å²) in [5, 5.41) is 7.81. The van der Waals surface area contributed by atoms with Gasteiger partial charge in [0.15, 0.2) is 0 Å². The molecule has 0 saturated heterocycles. The average Bonchev–Trinajstić information content (AvgIpc) is 3.03. The lowest BCUT2D eigenvalue weighted by Gasteiger charge is -2.12. The second kappa shape index (κ2) is 5.93. The number of hydrogen-bond donors (Lipinski definition) is 1. The maximum absolute atomic E-state index is 13.7. The smallest absolute Gasteiger partial charge is 0.138 e. The van der Waals surface area contributed by atoms with Crippen LogP contribution in [0.3, 0.4) is 0 Å². The van der Waals surface area contributed by atoms with E-state index in [9.17, 15) is 4.39 Å². The SMILES string of the molecule is Fc1ccc(Cl)cc1CNc1ccccc1-n1cncn1. The molecular formula is C15H12ClFN4. The first-order valence-corrected chi connectivity index (χ1v) is 6.73. The first-order chi connectivity index (χ1) is 10.2. The standard InChI is InChI=1S/C15H12ClFN4/c16-12-5-6-13(17)11(7-12)8-19-14-3-1-2-4-15(14)21-10-18-9-20-21/h1-7,9-10,19H,8H2. The number of halogens is 2. The molecule has 3 rings (SSSR count). The van der Waals surface area contributed by atoms with Crippen molar-refractivity contribution in [2.24, 2.45) is 0 Å². The molecule has 3 aromatic rings. The maximum atomic E-state index is 13.7. The average molecular weight is 303 g/mol. The van der Waals surface area contributed by atoms with Crippen LogP contribution in [0.5, 0.6) is 0 Å². The minimum Gasteiger partial charge on any atom is -0.379 e. The molecule has 0 aliphatic rings. The van der Waals surface area contributed by atoms with Gasteiger partial charge in [-0.1, -0.05) is 23.7 Å². The van der Waals surface area contributed by atoms with Crippen LogP contribution in [0.1, 0.15) is 5.56 Å². The van der Waals surface area contributed by atoms with E-state index in [0.29, 0.717) is 17.1 Å². The van der Waals surface area contributed by atoms with E-state index in [1.165, 1.54) is 18.5 Å². The van der Waals surface area contributed by atoms with Crippen LogP contribution in [0.25, 0.3) is 5.69 Å². The van der Waals surface area contributed by atoms with Crippen molar-refractivity contribution < 1.29 is 4.39 Å². The lowest BCUT2D eigenvalue weighted by atomic mass is 10.2. The summed E-state index contributed by atoms with van der Waals surface area (Å²) in [6, 6.07) is 12.1. The van der Waals surface area contributed by atoms with Crippen molar-refractivity contribution in [3.05, 3.63) is 71.5 Å². The number of nitrogens with zero attached hydrogens (tertiary/aromatic N) is 3. The summed E-state index contributed by atoms with van der Waals surface area (Å²) in [6.07, 6.45) is 3.08. The Morgan fingerprint density at radius 1 is 1.19 bits per heavy atom. The molecule has 106 valence electrons. The molecule has 0 spiro atoms. The second-order valence-corrected chi connectivity index (χ2v) is 4.88. The van der Waals surface area contributed by atoms with Crippen LogP contribution in [0.2, 0.25) is 5.02 Å². The van der Waals surface area contributed by atoms with Crippen LogP contribution < -0.4 is 5.32 Å². The van der Waals surface area contributed by atoms with E-state index >= 15 is 0 Å². The molecule has 1 aromatic heterocycles. The third-order valence-corrected chi connectivity index (χ3v) is 3.28. The first kappa shape index (κ1) is 13.6. The van der Waals surface area contributed by atoms with Crippen LogP contribution in [0.4, 0.5) is 10.1 Å². The largest absolute Gasteiger partial charge is 0.379 e. The maximum Gasteiger partial charge on any atom is 0.138 e. The molecule has 0 fully saturated rings. The number of rotatable bonds is 4. The highest BCUT2D eigenvalue weighted by atomic mass is 35.5. The van der Waals surface area contributed by atoms with E-state index in [1.54, 1.807) is 17.1 Å². The Kier molecular flexibility index (Phi) is 3.83. The van der Waals surface area contributed by atoms with E-state index in [2.05, 4.69) is 15.4 Å². The van der Waals surface area contributed by atoms with Gasteiger partial charge in [-0.25, -0.2) is 14.1 Å². The monoisotopic (exact) mass is 302 g/mol. The van der Waals surface area contributed by atoms with Crippen molar-refractivity contribution in [3.63, 3.8) is 0 Å². The highest BCUT2D eigenvalue weighted by Crippen LogP contribution is 2.21. The van der Waals surface area contributed by atoms with Crippen LogP contribution in [-0.4, -0.2) is 14.8 Å². The van der Waals surface area contributed by atoms with Crippen molar-refractivity contribution >= 4 is 17.3 Å². The minimum absolute atomic E-state index is 0.287. The van der Waals surface area contributed by atoms with Gasteiger partial charge in [-0.05, 0) is 30.3 Å². The fraction of sp³-hybridized carbons (Fsp3) is 0.0667. The number of aromatic nitrogens is 3. The zero-order valence-corrected chi connectivity index (χ0v) is 11.8. The summed E-state index contributed by atoms with van der Waals surface area (Å²) >= 11 is 5.89. The van der Waals surface area contributed by atoms with Gasteiger partial charge in [0.2, 0.25) is 0 Å². The van der Waals surface area contributed by atoms with Crippen molar-refractivity contribution in [2.45, 2.75) is 6.54 Å². The lowest BCUT2D eigenvalue weighted by Crippen LogP contribution is -2.06. The van der Waals surface area contributed by atoms with E-state index in [1.807, 2.05) is 24.3 Å². The van der Waals surface area contributed by atoms with E-state index in [-0.39, 0.29) is 5.82 Å². The number of para-hydroxylation sites is 2. The van der Waals surface area contributed by atoms with E-state index in [4.69, 9.17) is 11.6 Å². The quantitative estimate of drug-likeness (QED) is 0.799. The Morgan fingerprint density at radius 3 is 2.86 bits per heavy atom. The predicted octanol–water partition coefficient (Wildman–Crippen LogP) is 3.67. The van der Waals surface area contributed by atoms with Crippen molar-refractivity contribution in [3.8, 4) is 5.69 Å². The minimum atomic E-state index is -0.287. The van der Waals surface area contributed by atoms with Gasteiger partial charge in [0.05, 0.1) is 11.4 Å². The van der Waals surface area contributed by atoms with Crippen LogP contribution in [-0.2, 0) is 6.54 Å². The van der Waals surface area contributed by atoms with Gasteiger partial charge in [0, 0.05) is 17.1 Å². The van der Waals surface area contributed by atoms with E-state index < -0.39 is 0 Å². The normalized spacial score (nSPS) is 10.6. The highest BCUT2D eigenvalue weighted by Gasteiger charge is 2.07. The lowest BCUT2D eigenvalue weighted by molar-refractivity contribution is 0.613. The molecule has 1 heterocycles. The van der Waals surface area contributed by atoms with Gasteiger partial charge in [0.1, 0.15) is 18.5 Å². The van der Waals surface area contributed by atoms with Gasteiger partial charge in [0.25, 0.3) is 0 Å². The Morgan fingerprint density at radius 2 is 2.05 bits per heavy atom. The third-order valence-electron chi connectivity index (χ3n) is 3.05. The van der Waals surface area contributed by atoms with Gasteiger partial charge in [-0.2, -0.15) is 5.10 Å². The van der Waals surface area contributed by atoms with Crippen molar-refractivity contribution in [1.82, 2.24) is 14.8 Å². The summed E-state index contributed by atoms with van der Waals surface area (Å²) in [4.78, 5) is 3.93. The summed E-state index contributed by atoms with van der Waals surface area (Å²) in [5.41, 5.74) is 2.19. The predicted molar refractivity (Wildman–Crippen MR) is 80.1 cm³/mol.